The van der Waals surface area contributed by atoms with E-state index in [1.165, 1.54) is 5.56 Å². The number of carbonyl (C=O) groups is 1. The number of alkyl halides is 1. The van der Waals surface area contributed by atoms with E-state index in [0.29, 0.717) is 19.0 Å². The number of carbonyl (C=O) groups excluding carboxylic acids is 1. The molecule has 1 aromatic rings. The Morgan fingerprint density at radius 1 is 1.00 bits per heavy atom. The van der Waals surface area contributed by atoms with Gasteiger partial charge in [0.25, 0.3) is 5.91 Å². The number of amides is 1. The van der Waals surface area contributed by atoms with Crippen LogP contribution in [0.5, 0.6) is 0 Å². The lowest BCUT2D eigenvalue weighted by Gasteiger charge is -2.44. The fourth-order valence-electron chi connectivity index (χ4n) is 5.02. The molecule has 4 nitrogen and oxygen atoms in total. The molecule has 0 bridgehead atoms. The molecular weight excluding hydrogens is 341 g/mol. The summed E-state index contributed by atoms with van der Waals surface area (Å²) >= 11 is 0. The minimum atomic E-state index is -1.66. The van der Waals surface area contributed by atoms with E-state index in [1.54, 1.807) is 4.90 Å². The maximum absolute atomic E-state index is 15.5. The molecule has 5 heteroatoms. The first-order chi connectivity index (χ1) is 13.1. The van der Waals surface area contributed by atoms with E-state index >= 15 is 4.39 Å². The number of benzene rings is 1. The van der Waals surface area contributed by atoms with Crippen molar-refractivity contribution >= 4 is 5.91 Å². The first kappa shape index (κ1) is 18.9. The number of hydrogen-bond acceptors (Lipinski definition) is 3. The second kappa shape index (κ2) is 8.27. The third-order valence-electron chi connectivity index (χ3n) is 6.57. The molecule has 27 heavy (non-hydrogen) atoms. The molecule has 3 aliphatic heterocycles. The Morgan fingerprint density at radius 3 is 2.41 bits per heavy atom. The first-order valence-electron chi connectivity index (χ1n) is 10.6. The smallest absolute Gasteiger partial charge is 0.261 e. The molecule has 3 heterocycles. The zero-order chi connectivity index (χ0) is 18.7. The van der Waals surface area contributed by atoms with Gasteiger partial charge in [-0.15, -0.1) is 0 Å². The second-order valence-electron chi connectivity index (χ2n) is 8.53. The number of nitrogens with zero attached hydrogens (tertiary/aromatic N) is 3. The summed E-state index contributed by atoms with van der Waals surface area (Å²) in [6.07, 6.45) is 5.37. The minimum Gasteiger partial charge on any atom is -0.340 e. The van der Waals surface area contributed by atoms with Crippen LogP contribution in [0.4, 0.5) is 4.39 Å². The zero-order valence-corrected chi connectivity index (χ0v) is 16.3. The molecule has 0 N–H and O–H groups in total. The van der Waals surface area contributed by atoms with Crippen LogP contribution >= 0.6 is 0 Å². The monoisotopic (exact) mass is 373 g/mol. The summed E-state index contributed by atoms with van der Waals surface area (Å²) in [6.45, 7) is 5.80. The molecule has 0 aliphatic carbocycles. The number of rotatable bonds is 4. The van der Waals surface area contributed by atoms with E-state index in [4.69, 9.17) is 0 Å². The summed E-state index contributed by atoms with van der Waals surface area (Å²) in [5.41, 5.74) is -0.308. The fraction of sp³-hybridized carbons (Fsp3) is 0.682. The van der Waals surface area contributed by atoms with Gasteiger partial charge in [0, 0.05) is 32.2 Å². The van der Waals surface area contributed by atoms with Crippen molar-refractivity contribution < 1.29 is 9.18 Å². The van der Waals surface area contributed by atoms with Crippen molar-refractivity contribution in [3.63, 3.8) is 0 Å². The Hall–Kier alpha value is -1.46. The Labute approximate surface area is 162 Å². The number of hydrogen-bond donors (Lipinski definition) is 0. The number of likely N-dealkylation sites (tertiary alicyclic amines) is 3. The van der Waals surface area contributed by atoms with E-state index in [1.807, 2.05) is 0 Å². The van der Waals surface area contributed by atoms with Crippen LogP contribution in [0.25, 0.3) is 0 Å². The summed E-state index contributed by atoms with van der Waals surface area (Å²) in [5, 5.41) is 0. The van der Waals surface area contributed by atoms with Crippen LogP contribution < -0.4 is 0 Å². The van der Waals surface area contributed by atoms with Crippen molar-refractivity contribution in [1.29, 1.82) is 0 Å². The molecule has 0 aromatic heterocycles. The predicted octanol–water partition coefficient (Wildman–Crippen LogP) is 3.08. The highest BCUT2D eigenvalue weighted by Gasteiger charge is 2.46. The van der Waals surface area contributed by atoms with Crippen LogP contribution in [0.2, 0.25) is 0 Å². The van der Waals surface area contributed by atoms with Crippen LogP contribution in [0, 0.1) is 0 Å². The molecule has 3 saturated heterocycles. The van der Waals surface area contributed by atoms with Gasteiger partial charge < -0.3 is 4.90 Å². The lowest BCUT2D eigenvalue weighted by Crippen LogP contribution is -2.58. The third-order valence-corrected chi connectivity index (χ3v) is 6.57. The van der Waals surface area contributed by atoms with Gasteiger partial charge in [-0.3, -0.25) is 14.6 Å². The van der Waals surface area contributed by atoms with Gasteiger partial charge in [0.1, 0.15) is 0 Å². The largest absolute Gasteiger partial charge is 0.340 e. The molecule has 1 unspecified atom stereocenters. The van der Waals surface area contributed by atoms with Crippen LogP contribution in [-0.4, -0.2) is 71.6 Å². The molecule has 3 aliphatic rings. The van der Waals surface area contributed by atoms with Gasteiger partial charge in [-0.1, -0.05) is 30.3 Å². The molecule has 1 aromatic carbocycles. The Bertz CT molecular complexity index is 626. The first-order valence-corrected chi connectivity index (χ1v) is 10.6. The van der Waals surface area contributed by atoms with Crippen molar-refractivity contribution in [2.45, 2.75) is 56.8 Å². The Morgan fingerprint density at radius 2 is 1.70 bits per heavy atom. The molecule has 1 amide bonds. The highest BCUT2D eigenvalue weighted by Crippen LogP contribution is 2.32. The highest BCUT2D eigenvalue weighted by atomic mass is 19.1. The standard InChI is InChI=1S/C22H32FN3O/c23-22(21(27)25-12-4-5-13-25)11-6-14-26(18-22)20-9-15-24(16-10-20)17-19-7-2-1-3-8-19/h1-3,7-8,20H,4-6,9-18H2. The van der Waals surface area contributed by atoms with Crippen molar-refractivity contribution in [3.8, 4) is 0 Å². The van der Waals surface area contributed by atoms with Gasteiger partial charge in [-0.05, 0) is 63.7 Å². The van der Waals surface area contributed by atoms with Gasteiger partial charge in [0.05, 0.1) is 0 Å². The summed E-state index contributed by atoms with van der Waals surface area (Å²) in [4.78, 5) is 19.2. The van der Waals surface area contributed by atoms with Crippen LogP contribution in [-0.2, 0) is 11.3 Å². The average molecular weight is 374 g/mol. The van der Waals surface area contributed by atoms with Crippen molar-refractivity contribution in [3.05, 3.63) is 35.9 Å². The van der Waals surface area contributed by atoms with Crippen LogP contribution in [0.3, 0.4) is 0 Å². The Kier molecular flexibility index (Phi) is 5.79. The number of halogens is 1. The number of piperidine rings is 2. The SMILES string of the molecule is O=C(N1CCCC1)C1(F)CCCN(C2CCN(Cc3ccccc3)CC2)C1. The maximum atomic E-state index is 15.5. The van der Waals surface area contributed by atoms with Crippen molar-refractivity contribution in [1.82, 2.24) is 14.7 Å². The molecule has 1 atom stereocenters. The second-order valence-corrected chi connectivity index (χ2v) is 8.53. The van der Waals surface area contributed by atoms with Gasteiger partial charge in [-0.25, -0.2) is 4.39 Å². The van der Waals surface area contributed by atoms with Crippen LogP contribution in [0.15, 0.2) is 30.3 Å². The predicted molar refractivity (Wildman–Crippen MR) is 105 cm³/mol. The molecule has 0 radical (unpaired) electrons. The summed E-state index contributed by atoms with van der Waals surface area (Å²) in [6, 6.07) is 11.0. The molecule has 4 rings (SSSR count). The molecule has 0 spiro atoms. The van der Waals surface area contributed by atoms with E-state index in [-0.39, 0.29) is 5.91 Å². The van der Waals surface area contributed by atoms with E-state index in [2.05, 4.69) is 40.1 Å². The molecule has 0 saturated carbocycles. The lowest BCUT2D eigenvalue weighted by atomic mass is 9.90. The summed E-state index contributed by atoms with van der Waals surface area (Å²) < 4.78 is 15.5. The van der Waals surface area contributed by atoms with E-state index in [9.17, 15) is 4.79 Å². The van der Waals surface area contributed by atoms with Gasteiger partial charge in [0.15, 0.2) is 0 Å². The third kappa shape index (κ3) is 4.35. The minimum absolute atomic E-state index is 0.244. The Balaban J connectivity index is 1.31. The zero-order valence-electron chi connectivity index (χ0n) is 16.3. The summed E-state index contributed by atoms with van der Waals surface area (Å²) in [7, 11) is 0. The normalized spacial score (nSPS) is 28.6. The van der Waals surface area contributed by atoms with Gasteiger partial charge >= 0.3 is 0 Å². The van der Waals surface area contributed by atoms with Crippen molar-refractivity contribution in [2.24, 2.45) is 0 Å². The molecular formula is C22H32FN3O. The van der Waals surface area contributed by atoms with Gasteiger partial charge in [0.2, 0.25) is 5.67 Å². The average Bonchev–Trinajstić information content (AvgIpc) is 3.23. The quantitative estimate of drug-likeness (QED) is 0.812. The van der Waals surface area contributed by atoms with E-state index < -0.39 is 5.67 Å². The lowest BCUT2D eigenvalue weighted by molar-refractivity contribution is -0.148. The van der Waals surface area contributed by atoms with Crippen molar-refractivity contribution in [2.75, 3.05) is 39.3 Å². The highest BCUT2D eigenvalue weighted by molar-refractivity contribution is 5.85. The topological polar surface area (TPSA) is 26.8 Å². The summed E-state index contributed by atoms with van der Waals surface area (Å²) in [5.74, 6) is -0.244. The van der Waals surface area contributed by atoms with E-state index in [0.717, 1.165) is 71.4 Å². The van der Waals surface area contributed by atoms with Crippen LogP contribution in [0.1, 0.15) is 44.1 Å². The fourth-order valence-corrected chi connectivity index (χ4v) is 5.02. The molecule has 148 valence electrons. The molecule has 3 fully saturated rings. The maximum Gasteiger partial charge on any atom is 0.261 e. The van der Waals surface area contributed by atoms with Gasteiger partial charge in [-0.2, -0.15) is 0 Å².